The number of carboxylic acids is 1. The summed E-state index contributed by atoms with van der Waals surface area (Å²) in [6.07, 6.45) is 0. The summed E-state index contributed by atoms with van der Waals surface area (Å²) in [5.74, 6) is -1.11. The van der Waals surface area contributed by atoms with Crippen molar-refractivity contribution in [2.45, 2.75) is 19.9 Å². The number of nitrogens with zero attached hydrogens (tertiary/aromatic N) is 2. The fourth-order valence-corrected chi connectivity index (χ4v) is 2.43. The van der Waals surface area contributed by atoms with Gasteiger partial charge < -0.3 is 14.9 Å². The van der Waals surface area contributed by atoms with E-state index in [1.165, 1.54) is 5.69 Å². The van der Waals surface area contributed by atoms with Crippen LogP contribution in [0.4, 0.5) is 11.4 Å². The second-order valence-electron chi connectivity index (χ2n) is 4.97. The van der Waals surface area contributed by atoms with Crippen LogP contribution in [-0.4, -0.2) is 37.3 Å². The predicted molar refractivity (Wildman–Crippen MR) is 73.3 cm³/mol. The molecule has 0 aliphatic carbocycles. The van der Waals surface area contributed by atoms with Gasteiger partial charge in [-0.2, -0.15) is 0 Å². The quantitative estimate of drug-likeness (QED) is 0.889. The van der Waals surface area contributed by atoms with E-state index in [2.05, 4.69) is 29.0 Å². The normalized spacial score (nSPS) is 18.2. The van der Waals surface area contributed by atoms with Gasteiger partial charge in [0.2, 0.25) is 0 Å². The molecule has 98 valence electrons. The van der Waals surface area contributed by atoms with E-state index in [-0.39, 0.29) is 12.0 Å². The summed E-state index contributed by atoms with van der Waals surface area (Å²) in [5, 5.41) is 9.15. The molecular formula is C14H20N2O2. The van der Waals surface area contributed by atoms with E-state index in [4.69, 9.17) is 5.11 Å². The van der Waals surface area contributed by atoms with Crippen LogP contribution in [0.2, 0.25) is 0 Å². The molecule has 0 amide bonds. The minimum Gasteiger partial charge on any atom is -0.481 e. The lowest BCUT2D eigenvalue weighted by Gasteiger charge is -2.41. The van der Waals surface area contributed by atoms with Crippen LogP contribution in [0.25, 0.3) is 0 Å². The largest absolute Gasteiger partial charge is 0.481 e. The minimum absolute atomic E-state index is 0.00245. The average Bonchev–Trinajstić information content (AvgIpc) is 2.38. The number of fused-ring (bicyclic) bond motifs is 1. The highest BCUT2D eigenvalue weighted by atomic mass is 16.4. The number of carboxylic acid groups (broad SMARTS) is 1. The van der Waals surface area contributed by atoms with Crippen molar-refractivity contribution in [1.82, 2.24) is 0 Å². The van der Waals surface area contributed by atoms with Crippen LogP contribution in [0, 0.1) is 5.92 Å². The summed E-state index contributed by atoms with van der Waals surface area (Å²) in [6, 6.07) is 8.17. The second kappa shape index (κ2) is 4.88. The van der Waals surface area contributed by atoms with E-state index in [1.54, 1.807) is 6.92 Å². The van der Waals surface area contributed by atoms with Crippen molar-refractivity contribution in [3.05, 3.63) is 24.3 Å². The lowest BCUT2D eigenvalue weighted by Crippen LogP contribution is -2.47. The molecule has 0 aromatic heterocycles. The number of hydrogen-bond acceptors (Lipinski definition) is 3. The summed E-state index contributed by atoms with van der Waals surface area (Å²) in [7, 11) is 2.07. The summed E-state index contributed by atoms with van der Waals surface area (Å²) < 4.78 is 0. The number of carbonyl (C=O) groups is 1. The Bertz CT molecular complexity index is 447. The van der Waals surface area contributed by atoms with Gasteiger partial charge in [0.1, 0.15) is 0 Å². The molecule has 1 aromatic rings. The van der Waals surface area contributed by atoms with E-state index in [0.29, 0.717) is 0 Å². The van der Waals surface area contributed by atoms with Crippen molar-refractivity contribution in [2.75, 3.05) is 29.9 Å². The highest BCUT2D eigenvalue weighted by Crippen LogP contribution is 2.34. The maximum atomic E-state index is 11.1. The topological polar surface area (TPSA) is 43.8 Å². The summed E-state index contributed by atoms with van der Waals surface area (Å²) in [5.41, 5.74) is 2.31. The van der Waals surface area contributed by atoms with Crippen LogP contribution >= 0.6 is 0 Å². The number of anilines is 2. The second-order valence-corrected chi connectivity index (χ2v) is 4.97. The zero-order valence-corrected chi connectivity index (χ0v) is 11.1. The van der Waals surface area contributed by atoms with E-state index >= 15 is 0 Å². The Morgan fingerprint density at radius 2 is 1.83 bits per heavy atom. The smallest absolute Gasteiger partial charge is 0.308 e. The van der Waals surface area contributed by atoms with Crippen LogP contribution in [0.15, 0.2) is 24.3 Å². The molecule has 18 heavy (non-hydrogen) atoms. The highest BCUT2D eigenvalue weighted by molar-refractivity contribution is 5.76. The lowest BCUT2D eigenvalue weighted by molar-refractivity contribution is -0.141. The van der Waals surface area contributed by atoms with Crippen LogP contribution in [0.1, 0.15) is 13.8 Å². The van der Waals surface area contributed by atoms with Gasteiger partial charge in [0.25, 0.3) is 0 Å². The Labute approximate surface area is 108 Å². The van der Waals surface area contributed by atoms with Crippen molar-refractivity contribution in [1.29, 1.82) is 0 Å². The zero-order valence-electron chi connectivity index (χ0n) is 11.1. The SMILES string of the molecule is CC(C(=O)O)C(C)N1CCN(C)c2ccccc21. The molecule has 4 heteroatoms. The Morgan fingerprint density at radius 3 is 2.44 bits per heavy atom. The highest BCUT2D eigenvalue weighted by Gasteiger charge is 2.29. The molecule has 0 fully saturated rings. The maximum Gasteiger partial charge on any atom is 0.308 e. The maximum absolute atomic E-state index is 11.1. The number of likely N-dealkylation sites (N-methyl/N-ethyl adjacent to an activating group) is 1. The number of para-hydroxylation sites is 2. The minimum atomic E-state index is -0.737. The molecule has 1 aliphatic rings. The Hall–Kier alpha value is -1.71. The van der Waals surface area contributed by atoms with Gasteiger partial charge in [-0.05, 0) is 26.0 Å². The van der Waals surface area contributed by atoms with Crippen LogP contribution in [0.5, 0.6) is 0 Å². The number of rotatable bonds is 3. The third-order valence-electron chi connectivity index (χ3n) is 3.88. The van der Waals surface area contributed by atoms with E-state index in [1.807, 2.05) is 19.1 Å². The monoisotopic (exact) mass is 248 g/mol. The van der Waals surface area contributed by atoms with E-state index < -0.39 is 5.97 Å². The fourth-order valence-electron chi connectivity index (χ4n) is 2.43. The number of benzene rings is 1. The number of hydrogen-bond donors (Lipinski definition) is 1. The third-order valence-corrected chi connectivity index (χ3v) is 3.88. The van der Waals surface area contributed by atoms with Crippen LogP contribution in [-0.2, 0) is 4.79 Å². The molecule has 1 aliphatic heterocycles. The van der Waals surface area contributed by atoms with Gasteiger partial charge >= 0.3 is 5.97 Å². The molecule has 0 bridgehead atoms. The fraction of sp³-hybridized carbons (Fsp3) is 0.500. The average molecular weight is 248 g/mol. The molecule has 2 unspecified atom stereocenters. The van der Waals surface area contributed by atoms with Gasteiger partial charge in [-0.25, -0.2) is 0 Å². The van der Waals surface area contributed by atoms with Crippen molar-refractivity contribution in [2.24, 2.45) is 5.92 Å². The van der Waals surface area contributed by atoms with Gasteiger partial charge in [0.15, 0.2) is 0 Å². The lowest BCUT2D eigenvalue weighted by atomic mass is 10.00. The Balaban J connectivity index is 2.31. The molecular weight excluding hydrogens is 228 g/mol. The van der Waals surface area contributed by atoms with Gasteiger partial charge in [-0.15, -0.1) is 0 Å². The first-order valence-electron chi connectivity index (χ1n) is 6.32. The molecule has 2 atom stereocenters. The Morgan fingerprint density at radius 1 is 1.22 bits per heavy atom. The molecule has 0 spiro atoms. The van der Waals surface area contributed by atoms with Gasteiger partial charge in [0, 0.05) is 26.2 Å². The number of aliphatic carboxylic acids is 1. The molecule has 1 N–H and O–H groups in total. The van der Waals surface area contributed by atoms with Crippen molar-refractivity contribution >= 4 is 17.3 Å². The van der Waals surface area contributed by atoms with Crippen LogP contribution in [0.3, 0.4) is 0 Å². The molecule has 0 saturated carbocycles. The molecule has 1 aromatic carbocycles. The third kappa shape index (κ3) is 2.15. The van der Waals surface area contributed by atoms with Gasteiger partial charge in [-0.3, -0.25) is 4.79 Å². The summed E-state index contributed by atoms with van der Waals surface area (Å²) in [6.45, 7) is 5.55. The predicted octanol–water partition coefficient (Wildman–Crippen LogP) is 2.05. The molecule has 2 rings (SSSR count). The zero-order chi connectivity index (χ0) is 13.3. The summed E-state index contributed by atoms with van der Waals surface area (Å²) in [4.78, 5) is 15.5. The van der Waals surface area contributed by atoms with Crippen LogP contribution < -0.4 is 9.80 Å². The first kappa shape index (κ1) is 12.7. The molecule has 4 nitrogen and oxygen atoms in total. The molecule has 1 heterocycles. The first-order valence-corrected chi connectivity index (χ1v) is 6.32. The van der Waals surface area contributed by atoms with Crippen molar-refractivity contribution < 1.29 is 9.90 Å². The molecule has 0 saturated heterocycles. The molecule has 0 radical (unpaired) electrons. The first-order chi connectivity index (χ1) is 8.52. The van der Waals surface area contributed by atoms with Gasteiger partial charge in [-0.1, -0.05) is 12.1 Å². The van der Waals surface area contributed by atoms with E-state index in [0.717, 1.165) is 18.8 Å². The van der Waals surface area contributed by atoms with E-state index in [9.17, 15) is 4.79 Å². The van der Waals surface area contributed by atoms with Crippen molar-refractivity contribution in [3.63, 3.8) is 0 Å². The van der Waals surface area contributed by atoms with Crippen molar-refractivity contribution in [3.8, 4) is 0 Å². The Kier molecular flexibility index (Phi) is 3.45. The van der Waals surface area contributed by atoms with Gasteiger partial charge in [0.05, 0.1) is 17.3 Å². The summed E-state index contributed by atoms with van der Waals surface area (Å²) >= 11 is 0. The standard InChI is InChI=1S/C14H20N2O2/c1-10(14(17)18)11(2)16-9-8-15(3)12-6-4-5-7-13(12)16/h4-7,10-11H,8-9H2,1-3H3,(H,17,18).